The topological polar surface area (TPSA) is 59.4 Å². The molecule has 1 heterocycles. The number of halogens is 1. The Morgan fingerprint density at radius 3 is 2.82 bits per heavy atom. The van der Waals surface area contributed by atoms with Gasteiger partial charge in [0.05, 0.1) is 0 Å². The molecule has 11 heavy (non-hydrogen) atoms. The molecule has 0 saturated heterocycles. The predicted octanol–water partition coefficient (Wildman–Crippen LogP) is 1.32. The highest BCUT2D eigenvalue weighted by atomic mass is 35.5. The Labute approximate surface area is 69.8 Å². The van der Waals surface area contributed by atoms with E-state index in [0.717, 1.165) is 0 Å². The molecule has 4 heteroatoms. The van der Waals surface area contributed by atoms with E-state index in [9.17, 15) is 5.11 Å². The van der Waals surface area contributed by atoms with Gasteiger partial charge in [-0.1, -0.05) is 0 Å². The second kappa shape index (κ2) is 3.76. The monoisotopic (exact) mass is 175 g/mol. The van der Waals surface area contributed by atoms with Crippen LogP contribution in [0.4, 0.5) is 0 Å². The third-order valence-electron chi connectivity index (χ3n) is 1.36. The third-order valence-corrected chi connectivity index (χ3v) is 1.57. The Morgan fingerprint density at radius 1 is 1.64 bits per heavy atom. The minimum absolute atomic E-state index is 0.288. The Morgan fingerprint density at radius 2 is 2.36 bits per heavy atom. The van der Waals surface area contributed by atoms with E-state index < -0.39 is 6.10 Å². The van der Waals surface area contributed by atoms with Gasteiger partial charge in [0.2, 0.25) is 0 Å². The number of furan rings is 1. The molecule has 0 unspecified atom stereocenters. The van der Waals surface area contributed by atoms with E-state index in [1.807, 2.05) is 0 Å². The molecule has 3 nitrogen and oxygen atoms in total. The fourth-order valence-electron chi connectivity index (χ4n) is 0.807. The van der Waals surface area contributed by atoms with Gasteiger partial charge in [-0.05, 0) is 36.7 Å². The van der Waals surface area contributed by atoms with Gasteiger partial charge in [0.25, 0.3) is 0 Å². The van der Waals surface area contributed by atoms with E-state index in [1.165, 1.54) is 0 Å². The molecule has 0 saturated carbocycles. The first kappa shape index (κ1) is 8.59. The van der Waals surface area contributed by atoms with E-state index in [4.69, 9.17) is 21.8 Å². The van der Waals surface area contributed by atoms with Crippen LogP contribution in [0.3, 0.4) is 0 Å². The summed E-state index contributed by atoms with van der Waals surface area (Å²) in [5, 5.41) is 9.59. The Hall–Kier alpha value is -0.510. The number of rotatable bonds is 3. The highest BCUT2D eigenvalue weighted by Crippen LogP contribution is 2.21. The Balaban J connectivity index is 2.60. The van der Waals surface area contributed by atoms with Gasteiger partial charge in [-0.25, -0.2) is 0 Å². The van der Waals surface area contributed by atoms with Crippen molar-refractivity contribution in [2.45, 2.75) is 12.5 Å². The molecule has 3 N–H and O–H groups in total. The van der Waals surface area contributed by atoms with Gasteiger partial charge in [0.1, 0.15) is 11.9 Å². The maximum atomic E-state index is 9.30. The van der Waals surface area contributed by atoms with Gasteiger partial charge >= 0.3 is 0 Å². The summed E-state index contributed by atoms with van der Waals surface area (Å²) in [6.07, 6.45) is -0.142. The van der Waals surface area contributed by atoms with Gasteiger partial charge in [-0.15, -0.1) is 0 Å². The summed E-state index contributed by atoms with van der Waals surface area (Å²) in [4.78, 5) is 0. The summed E-state index contributed by atoms with van der Waals surface area (Å²) in [5.41, 5.74) is 5.24. The SMILES string of the molecule is NCC[C@@H](O)c1ccc(Cl)o1. The lowest BCUT2D eigenvalue weighted by atomic mass is 10.2. The molecular weight excluding hydrogens is 166 g/mol. The highest BCUT2D eigenvalue weighted by Gasteiger charge is 2.09. The molecule has 1 rings (SSSR count). The minimum atomic E-state index is -0.632. The first-order chi connectivity index (χ1) is 5.24. The molecule has 0 amide bonds. The zero-order valence-corrected chi connectivity index (χ0v) is 6.71. The van der Waals surface area contributed by atoms with Crippen LogP contribution in [-0.2, 0) is 0 Å². The molecule has 0 aliphatic heterocycles. The number of aliphatic hydroxyl groups is 1. The third kappa shape index (κ3) is 2.22. The van der Waals surface area contributed by atoms with E-state index >= 15 is 0 Å². The van der Waals surface area contributed by atoms with Crippen LogP contribution >= 0.6 is 11.6 Å². The molecule has 0 fully saturated rings. The smallest absolute Gasteiger partial charge is 0.193 e. The second-order valence-corrected chi connectivity index (χ2v) is 2.61. The largest absolute Gasteiger partial charge is 0.447 e. The Bertz CT molecular complexity index is 224. The molecular formula is C7H10ClNO2. The predicted molar refractivity (Wildman–Crippen MR) is 42.3 cm³/mol. The fourth-order valence-corrected chi connectivity index (χ4v) is 0.960. The molecule has 0 bridgehead atoms. The van der Waals surface area contributed by atoms with Gasteiger partial charge < -0.3 is 15.3 Å². The van der Waals surface area contributed by atoms with Crippen LogP contribution in [0, 0.1) is 0 Å². The molecule has 1 aromatic rings. The standard InChI is InChI=1S/C7H10ClNO2/c8-7-2-1-6(11-7)5(10)3-4-9/h1-2,5,10H,3-4,9H2/t5-/m1/s1. The van der Waals surface area contributed by atoms with E-state index in [0.29, 0.717) is 18.7 Å². The summed E-state index contributed by atoms with van der Waals surface area (Å²) >= 11 is 5.50. The van der Waals surface area contributed by atoms with Crippen molar-refractivity contribution in [3.05, 3.63) is 23.1 Å². The summed E-state index contributed by atoms with van der Waals surface area (Å²) in [5.74, 6) is 0.473. The maximum absolute atomic E-state index is 9.30. The van der Waals surface area contributed by atoms with Crippen molar-refractivity contribution in [1.82, 2.24) is 0 Å². The molecule has 62 valence electrons. The summed E-state index contributed by atoms with van der Waals surface area (Å²) in [7, 11) is 0. The molecule has 0 aromatic carbocycles. The van der Waals surface area contributed by atoms with Gasteiger partial charge in [0.15, 0.2) is 5.22 Å². The van der Waals surface area contributed by atoms with Crippen LogP contribution in [-0.4, -0.2) is 11.7 Å². The molecule has 0 aliphatic carbocycles. The second-order valence-electron chi connectivity index (χ2n) is 2.24. The van der Waals surface area contributed by atoms with Gasteiger partial charge in [-0.2, -0.15) is 0 Å². The summed E-state index contributed by atoms with van der Waals surface area (Å²) in [6, 6.07) is 3.24. The lowest BCUT2D eigenvalue weighted by molar-refractivity contribution is 0.143. The molecule has 1 atom stereocenters. The number of nitrogens with two attached hydrogens (primary N) is 1. The highest BCUT2D eigenvalue weighted by molar-refractivity contribution is 6.28. The zero-order valence-electron chi connectivity index (χ0n) is 5.96. The average Bonchev–Trinajstić information content (AvgIpc) is 2.36. The average molecular weight is 176 g/mol. The van der Waals surface area contributed by atoms with Gasteiger partial charge in [0, 0.05) is 0 Å². The molecule has 0 aliphatic rings. The summed E-state index contributed by atoms with van der Waals surface area (Å²) < 4.78 is 4.96. The van der Waals surface area contributed by atoms with Crippen molar-refractivity contribution >= 4 is 11.6 Å². The van der Waals surface area contributed by atoms with Crippen molar-refractivity contribution in [3.8, 4) is 0 Å². The van der Waals surface area contributed by atoms with Crippen LogP contribution in [0.5, 0.6) is 0 Å². The lowest BCUT2D eigenvalue weighted by Crippen LogP contribution is -2.05. The molecule has 0 radical (unpaired) electrons. The van der Waals surface area contributed by atoms with Crippen LogP contribution < -0.4 is 5.73 Å². The van der Waals surface area contributed by atoms with Crippen LogP contribution in [0.25, 0.3) is 0 Å². The first-order valence-electron chi connectivity index (χ1n) is 3.37. The van der Waals surface area contributed by atoms with Crippen molar-refractivity contribution < 1.29 is 9.52 Å². The lowest BCUT2D eigenvalue weighted by Gasteiger charge is -2.03. The van der Waals surface area contributed by atoms with Crippen molar-refractivity contribution in [1.29, 1.82) is 0 Å². The number of hydrogen-bond acceptors (Lipinski definition) is 3. The van der Waals surface area contributed by atoms with Crippen LogP contribution in [0.2, 0.25) is 5.22 Å². The van der Waals surface area contributed by atoms with Crippen molar-refractivity contribution in [3.63, 3.8) is 0 Å². The molecule has 0 spiro atoms. The quantitative estimate of drug-likeness (QED) is 0.729. The van der Waals surface area contributed by atoms with Gasteiger partial charge in [-0.3, -0.25) is 0 Å². The van der Waals surface area contributed by atoms with Crippen molar-refractivity contribution in [2.75, 3.05) is 6.54 Å². The Kier molecular flexibility index (Phi) is 2.93. The van der Waals surface area contributed by atoms with E-state index in [2.05, 4.69) is 0 Å². The normalized spacial score (nSPS) is 13.4. The maximum Gasteiger partial charge on any atom is 0.193 e. The number of aliphatic hydroxyl groups excluding tert-OH is 1. The molecule has 1 aromatic heterocycles. The van der Waals surface area contributed by atoms with E-state index in [-0.39, 0.29) is 5.22 Å². The van der Waals surface area contributed by atoms with Crippen LogP contribution in [0.15, 0.2) is 16.5 Å². The fraction of sp³-hybridized carbons (Fsp3) is 0.429. The minimum Gasteiger partial charge on any atom is -0.447 e. The van der Waals surface area contributed by atoms with Crippen LogP contribution in [0.1, 0.15) is 18.3 Å². The zero-order chi connectivity index (χ0) is 8.27. The summed E-state index contributed by atoms with van der Waals surface area (Å²) in [6.45, 7) is 0.430. The van der Waals surface area contributed by atoms with E-state index in [1.54, 1.807) is 12.1 Å². The van der Waals surface area contributed by atoms with Crippen molar-refractivity contribution in [2.24, 2.45) is 5.73 Å². The first-order valence-corrected chi connectivity index (χ1v) is 3.75. The number of hydrogen-bond donors (Lipinski definition) is 2.